The molecule has 3 aromatic rings. The molecule has 1 aromatic carbocycles. The molecule has 0 aliphatic rings. The molecule has 0 fully saturated rings. The van der Waals surface area contributed by atoms with E-state index in [-0.39, 0.29) is 22.1 Å². The molecule has 8 N–H and O–H groups in total. The third-order valence-electron chi connectivity index (χ3n) is 3.47. The predicted octanol–water partition coefficient (Wildman–Crippen LogP) is 1.54. The number of pyridine rings is 1. The van der Waals surface area contributed by atoms with E-state index in [1.54, 1.807) is 6.20 Å². The van der Waals surface area contributed by atoms with Crippen LogP contribution in [0.5, 0.6) is 0 Å². The summed E-state index contributed by atoms with van der Waals surface area (Å²) in [7, 11) is 0. The minimum atomic E-state index is -0.235. The second kappa shape index (κ2) is 7.70. The summed E-state index contributed by atoms with van der Waals surface area (Å²) >= 11 is 1.18. The highest BCUT2D eigenvalue weighted by atomic mass is 32.2. The van der Waals surface area contributed by atoms with Gasteiger partial charge in [-0.2, -0.15) is 5.10 Å². The first-order valence-electron chi connectivity index (χ1n) is 7.25. The first kappa shape index (κ1) is 20.7. The minimum absolute atomic E-state index is 0. The van der Waals surface area contributed by atoms with Crippen molar-refractivity contribution >= 4 is 34.4 Å². The number of H-pyrrole nitrogens is 1. The van der Waals surface area contributed by atoms with Gasteiger partial charge in [0.2, 0.25) is 0 Å². The van der Waals surface area contributed by atoms with E-state index >= 15 is 0 Å². The summed E-state index contributed by atoms with van der Waals surface area (Å²) in [6.07, 6.45) is 1.64. The maximum absolute atomic E-state index is 12.3. The van der Waals surface area contributed by atoms with Gasteiger partial charge in [0.25, 0.3) is 5.56 Å². The Bertz CT molecular complexity index is 914. The van der Waals surface area contributed by atoms with E-state index in [4.69, 9.17) is 5.14 Å². The Morgan fingerprint density at radius 1 is 1.24 bits per heavy atom. The Morgan fingerprint density at radius 2 is 1.96 bits per heavy atom. The number of hydrogen-bond donors (Lipinski definition) is 3. The monoisotopic (exact) mass is 365 g/mol. The minimum Gasteiger partial charge on any atom is -0.412 e. The van der Waals surface area contributed by atoms with Gasteiger partial charge in [0.1, 0.15) is 5.39 Å². The molecule has 3 rings (SSSR count). The van der Waals surface area contributed by atoms with Gasteiger partial charge in [-0.15, -0.1) is 0 Å². The number of nitrogens with zero attached hydrogens (tertiary/aromatic N) is 2. The van der Waals surface area contributed by atoms with E-state index in [0.717, 1.165) is 16.1 Å². The van der Waals surface area contributed by atoms with Crippen LogP contribution in [-0.2, 0) is 5.54 Å². The molecule has 0 saturated heterocycles. The lowest BCUT2D eigenvalue weighted by molar-refractivity contribution is 0.369. The van der Waals surface area contributed by atoms with Crippen LogP contribution in [0, 0.1) is 0 Å². The SMILES string of the molecule is CC(C)(C)n1nc(Nc2cccc(SN)c2)c2c(=O)[nH]ccc21.O.O. The number of aromatic nitrogens is 3. The fourth-order valence-electron chi connectivity index (χ4n) is 2.46. The van der Waals surface area contributed by atoms with Crippen LogP contribution >= 0.6 is 11.9 Å². The van der Waals surface area contributed by atoms with Gasteiger partial charge >= 0.3 is 0 Å². The first-order valence-corrected chi connectivity index (χ1v) is 8.13. The number of benzene rings is 1. The molecular formula is C16H23N5O3S. The quantitative estimate of drug-likeness (QED) is 0.601. The number of rotatable bonds is 3. The fraction of sp³-hybridized carbons (Fsp3) is 0.250. The van der Waals surface area contributed by atoms with Gasteiger partial charge < -0.3 is 21.3 Å². The second-order valence-electron chi connectivity index (χ2n) is 6.27. The summed E-state index contributed by atoms with van der Waals surface area (Å²) in [5, 5.41) is 14.0. The highest BCUT2D eigenvalue weighted by Gasteiger charge is 2.21. The van der Waals surface area contributed by atoms with Crippen molar-refractivity contribution in [2.45, 2.75) is 31.2 Å². The van der Waals surface area contributed by atoms with Crippen LogP contribution in [-0.4, -0.2) is 25.7 Å². The molecule has 0 saturated carbocycles. The van der Waals surface area contributed by atoms with Crippen molar-refractivity contribution < 1.29 is 11.0 Å². The van der Waals surface area contributed by atoms with Crippen LogP contribution < -0.4 is 16.0 Å². The van der Waals surface area contributed by atoms with Crippen LogP contribution in [0.4, 0.5) is 11.5 Å². The molecular weight excluding hydrogens is 342 g/mol. The van der Waals surface area contributed by atoms with E-state index in [1.807, 2.05) is 35.0 Å². The van der Waals surface area contributed by atoms with Gasteiger partial charge in [-0.1, -0.05) is 6.07 Å². The standard InChI is InChI=1S/C16H19N5OS.2H2O/c1-16(2,3)21-12-7-8-18-15(22)13(12)14(20-21)19-10-5-4-6-11(9-10)23-17;;/h4-9H,17H2,1-3H3,(H,18,22)(H,19,20);2*1H2. The Kier molecular flexibility index (Phi) is 6.38. The Hall–Kier alpha value is -2.33. The zero-order valence-corrected chi connectivity index (χ0v) is 15.1. The van der Waals surface area contributed by atoms with Crippen molar-refractivity contribution in [3.05, 3.63) is 46.9 Å². The Labute approximate surface area is 149 Å². The number of aromatic amines is 1. The molecule has 136 valence electrons. The maximum atomic E-state index is 12.3. The Morgan fingerprint density at radius 3 is 2.60 bits per heavy atom. The topological polar surface area (TPSA) is 152 Å². The number of nitrogens with two attached hydrogens (primary N) is 1. The van der Waals surface area contributed by atoms with E-state index in [0.29, 0.717) is 11.2 Å². The lowest BCUT2D eigenvalue weighted by Gasteiger charge is -2.20. The van der Waals surface area contributed by atoms with Gasteiger partial charge in [0.05, 0.1) is 11.1 Å². The fourth-order valence-corrected chi connectivity index (χ4v) is 2.81. The van der Waals surface area contributed by atoms with E-state index in [2.05, 4.69) is 36.2 Å². The molecule has 2 heterocycles. The Balaban J connectivity index is 0.00000156. The molecule has 9 heteroatoms. The number of nitrogens with one attached hydrogen (secondary N) is 2. The van der Waals surface area contributed by atoms with E-state index < -0.39 is 0 Å². The average molecular weight is 365 g/mol. The second-order valence-corrected chi connectivity index (χ2v) is 6.98. The molecule has 0 atom stereocenters. The van der Waals surface area contributed by atoms with Crippen molar-refractivity contribution in [1.82, 2.24) is 14.8 Å². The molecule has 25 heavy (non-hydrogen) atoms. The van der Waals surface area contributed by atoms with Gasteiger partial charge in [-0.05, 0) is 57.0 Å². The van der Waals surface area contributed by atoms with Gasteiger partial charge in [-0.3, -0.25) is 14.6 Å². The summed E-state index contributed by atoms with van der Waals surface area (Å²) in [5.41, 5.74) is 1.24. The third kappa shape index (κ3) is 4.02. The number of fused-ring (bicyclic) bond motifs is 1. The zero-order chi connectivity index (χ0) is 16.6. The van der Waals surface area contributed by atoms with Crippen LogP contribution in [0.2, 0.25) is 0 Å². The third-order valence-corrected chi connectivity index (χ3v) is 4.00. The average Bonchev–Trinajstić information content (AvgIpc) is 2.88. The number of anilines is 2. The zero-order valence-electron chi connectivity index (χ0n) is 14.3. The van der Waals surface area contributed by atoms with Crippen molar-refractivity contribution in [1.29, 1.82) is 0 Å². The smallest absolute Gasteiger partial charge is 0.261 e. The lowest BCUT2D eigenvalue weighted by Crippen LogP contribution is -2.23. The first-order chi connectivity index (χ1) is 10.9. The van der Waals surface area contributed by atoms with Crippen LogP contribution in [0.3, 0.4) is 0 Å². The summed E-state index contributed by atoms with van der Waals surface area (Å²) < 4.78 is 1.86. The highest BCUT2D eigenvalue weighted by molar-refractivity contribution is 7.97. The molecule has 0 unspecified atom stereocenters. The molecule has 8 nitrogen and oxygen atoms in total. The summed E-state index contributed by atoms with van der Waals surface area (Å²) in [4.78, 5) is 15.9. The highest BCUT2D eigenvalue weighted by Crippen LogP contribution is 2.28. The van der Waals surface area contributed by atoms with Crippen molar-refractivity contribution in [2.24, 2.45) is 5.14 Å². The van der Waals surface area contributed by atoms with Crippen LogP contribution in [0.15, 0.2) is 46.2 Å². The van der Waals surface area contributed by atoms with E-state index in [9.17, 15) is 4.79 Å². The van der Waals surface area contributed by atoms with Crippen LogP contribution in [0.25, 0.3) is 10.9 Å². The van der Waals surface area contributed by atoms with Gasteiger partial charge in [0.15, 0.2) is 5.82 Å². The maximum Gasteiger partial charge on any atom is 0.261 e. The van der Waals surface area contributed by atoms with Crippen molar-refractivity contribution in [2.75, 3.05) is 5.32 Å². The predicted molar refractivity (Wildman–Crippen MR) is 102 cm³/mol. The largest absolute Gasteiger partial charge is 0.412 e. The van der Waals surface area contributed by atoms with Crippen molar-refractivity contribution in [3.8, 4) is 0 Å². The molecule has 0 aliphatic heterocycles. The molecule has 0 amide bonds. The summed E-state index contributed by atoms with van der Waals surface area (Å²) in [6, 6.07) is 9.54. The van der Waals surface area contributed by atoms with Gasteiger partial charge in [0, 0.05) is 16.8 Å². The summed E-state index contributed by atoms with van der Waals surface area (Å²) in [5.74, 6) is 0.538. The lowest BCUT2D eigenvalue weighted by atomic mass is 10.1. The normalized spacial score (nSPS) is 10.9. The molecule has 0 spiro atoms. The summed E-state index contributed by atoms with van der Waals surface area (Å²) in [6.45, 7) is 6.16. The molecule has 0 bridgehead atoms. The van der Waals surface area contributed by atoms with Gasteiger partial charge in [-0.25, -0.2) is 0 Å². The van der Waals surface area contributed by atoms with Crippen LogP contribution in [0.1, 0.15) is 20.8 Å². The van der Waals surface area contributed by atoms with E-state index in [1.165, 1.54) is 11.9 Å². The molecule has 2 aromatic heterocycles. The molecule has 0 radical (unpaired) electrons. The molecule has 0 aliphatic carbocycles. The number of hydrogen-bond acceptors (Lipinski definition) is 5. The van der Waals surface area contributed by atoms with Crippen molar-refractivity contribution in [3.63, 3.8) is 0 Å².